The maximum Gasteiger partial charge on any atom is 0.410 e. The molecule has 1 amide bonds. The Balaban J connectivity index is 1.89. The lowest BCUT2D eigenvalue weighted by atomic mass is 10.3. The Bertz CT molecular complexity index is 419. The second-order valence-electron chi connectivity index (χ2n) is 4.19. The van der Waals surface area contributed by atoms with Gasteiger partial charge in [0, 0.05) is 32.4 Å². The van der Waals surface area contributed by atoms with Crippen LogP contribution in [0.5, 0.6) is 5.88 Å². The summed E-state index contributed by atoms with van der Waals surface area (Å²) in [4.78, 5) is 17.7. The van der Waals surface area contributed by atoms with Gasteiger partial charge in [-0.2, -0.15) is 0 Å². The molecule has 6 nitrogen and oxygen atoms in total. The summed E-state index contributed by atoms with van der Waals surface area (Å²) >= 11 is 0. The maximum atomic E-state index is 11.9. The highest BCUT2D eigenvalue weighted by Crippen LogP contribution is 2.15. The van der Waals surface area contributed by atoms with Gasteiger partial charge in [0.2, 0.25) is 5.88 Å². The Morgan fingerprint density at radius 3 is 3.00 bits per heavy atom. The number of nitrogens with one attached hydrogen (secondary N) is 1. The van der Waals surface area contributed by atoms with Gasteiger partial charge in [-0.3, -0.25) is 0 Å². The SMILES string of the molecule is CCOc1ncccc1COC(=O)N1CCNCC1. The van der Waals surface area contributed by atoms with Crippen LogP contribution in [0.1, 0.15) is 12.5 Å². The van der Waals surface area contributed by atoms with E-state index >= 15 is 0 Å². The number of hydrogen-bond donors (Lipinski definition) is 1. The van der Waals surface area contributed by atoms with Gasteiger partial charge in [-0.05, 0) is 19.1 Å². The molecule has 0 bridgehead atoms. The third kappa shape index (κ3) is 3.82. The van der Waals surface area contributed by atoms with E-state index < -0.39 is 0 Å². The second-order valence-corrected chi connectivity index (χ2v) is 4.19. The highest BCUT2D eigenvalue weighted by atomic mass is 16.6. The molecular formula is C13H19N3O3. The summed E-state index contributed by atoms with van der Waals surface area (Å²) in [5.74, 6) is 0.526. The third-order valence-corrected chi connectivity index (χ3v) is 2.86. The quantitative estimate of drug-likeness (QED) is 0.880. The van der Waals surface area contributed by atoms with Gasteiger partial charge in [0.05, 0.1) is 12.2 Å². The van der Waals surface area contributed by atoms with Crippen molar-refractivity contribution in [3.63, 3.8) is 0 Å². The fraction of sp³-hybridized carbons (Fsp3) is 0.538. The predicted octanol–water partition coefficient (Wildman–Crippen LogP) is 1.02. The van der Waals surface area contributed by atoms with Gasteiger partial charge in [-0.25, -0.2) is 9.78 Å². The highest BCUT2D eigenvalue weighted by molar-refractivity contribution is 5.67. The lowest BCUT2D eigenvalue weighted by molar-refractivity contribution is 0.0908. The maximum absolute atomic E-state index is 11.9. The lowest BCUT2D eigenvalue weighted by Crippen LogP contribution is -2.46. The fourth-order valence-corrected chi connectivity index (χ4v) is 1.88. The first kappa shape index (κ1) is 13.6. The first-order valence-electron chi connectivity index (χ1n) is 6.50. The van der Waals surface area contributed by atoms with Crippen LogP contribution in [0.3, 0.4) is 0 Å². The summed E-state index contributed by atoms with van der Waals surface area (Å²) in [7, 11) is 0. The summed E-state index contributed by atoms with van der Waals surface area (Å²) in [6.45, 7) is 5.61. The smallest absolute Gasteiger partial charge is 0.410 e. The average Bonchev–Trinajstić information content (AvgIpc) is 2.47. The summed E-state index contributed by atoms with van der Waals surface area (Å²) in [5.41, 5.74) is 0.785. The summed E-state index contributed by atoms with van der Waals surface area (Å²) in [6.07, 6.45) is 1.37. The van der Waals surface area contributed by atoms with E-state index in [4.69, 9.17) is 9.47 Å². The number of aromatic nitrogens is 1. The summed E-state index contributed by atoms with van der Waals surface area (Å²) in [6, 6.07) is 3.65. The zero-order valence-corrected chi connectivity index (χ0v) is 11.1. The Labute approximate surface area is 112 Å². The van der Waals surface area contributed by atoms with Crippen molar-refractivity contribution in [1.82, 2.24) is 15.2 Å². The van der Waals surface area contributed by atoms with Crippen molar-refractivity contribution in [2.45, 2.75) is 13.5 Å². The normalized spacial score (nSPS) is 15.1. The van der Waals surface area contributed by atoms with Gasteiger partial charge in [-0.1, -0.05) is 0 Å². The van der Waals surface area contributed by atoms with Gasteiger partial charge in [-0.15, -0.1) is 0 Å². The van der Waals surface area contributed by atoms with Crippen LogP contribution in [0.4, 0.5) is 4.79 Å². The van der Waals surface area contributed by atoms with E-state index in [2.05, 4.69) is 10.3 Å². The highest BCUT2D eigenvalue weighted by Gasteiger charge is 2.18. The molecule has 6 heteroatoms. The molecule has 1 N–H and O–H groups in total. The topological polar surface area (TPSA) is 63.7 Å². The van der Waals surface area contributed by atoms with E-state index in [0.717, 1.165) is 18.7 Å². The van der Waals surface area contributed by atoms with E-state index in [9.17, 15) is 4.79 Å². The van der Waals surface area contributed by atoms with Crippen molar-refractivity contribution in [3.05, 3.63) is 23.9 Å². The average molecular weight is 265 g/mol. The minimum atomic E-state index is -0.284. The molecule has 1 aromatic rings. The van der Waals surface area contributed by atoms with Crippen LogP contribution in [0.2, 0.25) is 0 Å². The van der Waals surface area contributed by atoms with Gasteiger partial charge in [0.25, 0.3) is 0 Å². The monoisotopic (exact) mass is 265 g/mol. The number of rotatable bonds is 4. The molecule has 19 heavy (non-hydrogen) atoms. The number of hydrogen-bond acceptors (Lipinski definition) is 5. The molecule has 2 rings (SSSR count). The van der Waals surface area contributed by atoms with Crippen LogP contribution in [-0.4, -0.2) is 48.8 Å². The van der Waals surface area contributed by atoms with E-state index in [-0.39, 0.29) is 12.7 Å². The summed E-state index contributed by atoms with van der Waals surface area (Å²) in [5, 5.41) is 3.19. The minimum Gasteiger partial charge on any atom is -0.478 e. The molecule has 1 aliphatic heterocycles. The molecule has 0 radical (unpaired) electrons. The molecule has 1 fully saturated rings. The van der Waals surface area contributed by atoms with Crippen molar-refractivity contribution in [2.75, 3.05) is 32.8 Å². The van der Waals surface area contributed by atoms with Gasteiger partial charge in [0.1, 0.15) is 6.61 Å². The van der Waals surface area contributed by atoms with Crippen molar-refractivity contribution in [1.29, 1.82) is 0 Å². The Hall–Kier alpha value is -1.82. The number of nitrogens with zero attached hydrogens (tertiary/aromatic N) is 2. The third-order valence-electron chi connectivity index (χ3n) is 2.86. The molecule has 0 unspecified atom stereocenters. The largest absolute Gasteiger partial charge is 0.478 e. The Kier molecular flexibility index (Phi) is 4.97. The van der Waals surface area contributed by atoms with Crippen LogP contribution in [0.15, 0.2) is 18.3 Å². The van der Waals surface area contributed by atoms with E-state index in [1.807, 2.05) is 13.0 Å². The second kappa shape index (κ2) is 6.94. The first-order chi connectivity index (χ1) is 9.31. The molecule has 1 aromatic heterocycles. The number of ether oxygens (including phenoxy) is 2. The molecule has 0 saturated carbocycles. The number of pyridine rings is 1. The molecule has 0 atom stereocenters. The lowest BCUT2D eigenvalue weighted by Gasteiger charge is -2.26. The van der Waals surface area contributed by atoms with Crippen LogP contribution < -0.4 is 10.1 Å². The van der Waals surface area contributed by atoms with Crippen LogP contribution in [0.25, 0.3) is 0 Å². The number of amides is 1. The zero-order valence-electron chi connectivity index (χ0n) is 11.1. The molecule has 2 heterocycles. The van der Waals surface area contributed by atoms with Crippen molar-refractivity contribution in [2.24, 2.45) is 0 Å². The zero-order chi connectivity index (χ0) is 13.5. The van der Waals surface area contributed by atoms with E-state index in [1.165, 1.54) is 0 Å². The van der Waals surface area contributed by atoms with Crippen LogP contribution >= 0.6 is 0 Å². The van der Waals surface area contributed by atoms with Crippen molar-refractivity contribution < 1.29 is 14.3 Å². The molecule has 0 aromatic carbocycles. The summed E-state index contributed by atoms with van der Waals surface area (Å²) < 4.78 is 10.7. The molecular weight excluding hydrogens is 246 g/mol. The first-order valence-corrected chi connectivity index (χ1v) is 6.50. The Morgan fingerprint density at radius 2 is 2.26 bits per heavy atom. The molecule has 0 aliphatic carbocycles. The molecule has 104 valence electrons. The molecule has 1 saturated heterocycles. The standard InChI is InChI=1S/C13H19N3O3/c1-2-18-12-11(4-3-5-15-12)10-19-13(17)16-8-6-14-7-9-16/h3-5,14H,2,6-10H2,1H3. The Morgan fingerprint density at radius 1 is 1.47 bits per heavy atom. The number of carbonyl (C=O) groups is 1. The minimum absolute atomic E-state index is 0.186. The van der Waals surface area contributed by atoms with Gasteiger partial charge < -0.3 is 19.7 Å². The van der Waals surface area contributed by atoms with Crippen molar-refractivity contribution >= 4 is 6.09 Å². The number of piperazine rings is 1. The predicted molar refractivity (Wildman–Crippen MR) is 70.0 cm³/mol. The van der Waals surface area contributed by atoms with Gasteiger partial charge >= 0.3 is 6.09 Å². The van der Waals surface area contributed by atoms with Crippen LogP contribution in [-0.2, 0) is 11.3 Å². The van der Waals surface area contributed by atoms with Crippen molar-refractivity contribution in [3.8, 4) is 5.88 Å². The number of carbonyl (C=O) groups excluding carboxylic acids is 1. The molecule has 0 spiro atoms. The van der Waals surface area contributed by atoms with Crippen LogP contribution in [0, 0.1) is 0 Å². The van der Waals surface area contributed by atoms with E-state index in [1.54, 1.807) is 17.2 Å². The molecule has 1 aliphatic rings. The van der Waals surface area contributed by atoms with Gasteiger partial charge in [0.15, 0.2) is 0 Å². The fourth-order valence-electron chi connectivity index (χ4n) is 1.88. The van der Waals surface area contributed by atoms with E-state index in [0.29, 0.717) is 25.6 Å².